The molecule has 0 aliphatic rings. The summed E-state index contributed by atoms with van der Waals surface area (Å²) in [5.41, 5.74) is 0. The predicted molar refractivity (Wildman–Crippen MR) is 93.4 cm³/mol. The van der Waals surface area contributed by atoms with Crippen molar-refractivity contribution < 1.29 is 0 Å². The van der Waals surface area contributed by atoms with Crippen LogP contribution < -0.4 is 0 Å². The van der Waals surface area contributed by atoms with E-state index in [1.54, 1.807) is 0 Å². The lowest BCUT2D eigenvalue weighted by molar-refractivity contribution is 0.369. The molecule has 0 saturated carbocycles. The minimum atomic E-state index is 0.349. The van der Waals surface area contributed by atoms with Gasteiger partial charge in [-0.3, -0.25) is 0 Å². The first-order valence-corrected chi connectivity index (χ1v) is 8.75. The second-order valence-electron chi connectivity index (χ2n) is 6.15. The Morgan fingerprint density at radius 2 is 0.882 bits per heavy atom. The van der Waals surface area contributed by atoms with Gasteiger partial charge in [0.15, 0.2) is 0 Å². The molecule has 104 valence electrons. The molecule has 0 aromatic rings. The van der Waals surface area contributed by atoms with Crippen molar-refractivity contribution in [3.8, 4) is 0 Å². The van der Waals surface area contributed by atoms with Gasteiger partial charge in [-0.05, 0) is 54.0 Å². The molecule has 0 saturated heterocycles. The minimum absolute atomic E-state index is 0.349. The Morgan fingerprint density at radius 3 is 1.06 bits per heavy atom. The molecule has 0 amide bonds. The summed E-state index contributed by atoms with van der Waals surface area (Å²) in [6, 6.07) is 0. The van der Waals surface area contributed by atoms with E-state index < -0.39 is 0 Å². The van der Waals surface area contributed by atoms with Gasteiger partial charge in [0.25, 0.3) is 0 Å². The average molecular weight is 294 g/mol. The SMILES string of the molecule is CCC(P)(CC)CC(C)(P)CC(P)(CC)CC. The Balaban J connectivity index is 4.68. The van der Waals surface area contributed by atoms with E-state index in [9.17, 15) is 0 Å². The van der Waals surface area contributed by atoms with Gasteiger partial charge in [-0.1, -0.05) is 34.6 Å². The fourth-order valence-corrected chi connectivity index (χ4v) is 4.89. The summed E-state index contributed by atoms with van der Waals surface area (Å²) in [5, 5.41) is 1.19. The zero-order chi connectivity index (χ0) is 13.7. The van der Waals surface area contributed by atoms with Crippen molar-refractivity contribution in [1.82, 2.24) is 0 Å². The highest BCUT2D eigenvalue weighted by atomic mass is 31.0. The molecule has 0 bridgehead atoms. The molecule has 0 rings (SSSR count). The van der Waals surface area contributed by atoms with Crippen LogP contribution in [0.1, 0.15) is 73.1 Å². The van der Waals surface area contributed by atoms with Crippen LogP contribution in [0.4, 0.5) is 0 Å². The summed E-state index contributed by atoms with van der Waals surface area (Å²) in [5.74, 6) is 0. The van der Waals surface area contributed by atoms with E-state index in [0.29, 0.717) is 15.5 Å². The van der Waals surface area contributed by atoms with E-state index in [1.807, 2.05) is 0 Å². The molecule has 0 heterocycles. The fourth-order valence-electron chi connectivity index (χ4n) is 2.67. The van der Waals surface area contributed by atoms with E-state index in [0.717, 1.165) is 0 Å². The molecular weight excluding hydrogens is 261 g/mol. The molecule has 0 N–H and O–H groups in total. The molecule has 0 nitrogen and oxygen atoms in total. The van der Waals surface area contributed by atoms with Crippen LogP contribution in [0.2, 0.25) is 0 Å². The van der Waals surface area contributed by atoms with Crippen LogP contribution in [0.5, 0.6) is 0 Å². The van der Waals surface area contributed by atoms with Crippen LogP contribution in [0.3, 0.4) is 0 Å². The highest BCUT2D eigenvalue weighted by molar-refractivity contribution is 7.21. The van der Waals surface area contributed by atoms with E-state index in [1.165, 1.54) is 38.5 Å². The standard InChI is InChI=1S/C14H33P3/c1-6-13(16,7-2)10-12(5,15)11-14(17,8-3)9-4/h6-11,15-17H2,1-5H3. The van der Waals surface area contributed by atoms with Crippen LogP contribution in [-0.4, -0.2) is 15.5 Å². The lowest BCUT2D eigenvalue weighted by Gasteiger charge is -2.41. The molecule has 0 aromatic heterocycles. The molecule has 0 spiro atoms. The largest absolute Gasteiger partial charge is 0.131 e. The Labute approximate surface area is 116 Å². The van der Waals surface area contributed by atoms with Crippen molar-refractivity contribution in [2.45, 2.75) is 88.6 Å². The van der Waals surface area contributed by atoms with Gasteiger partial charge in [0.05, 0.1) is 0 Å². The first kappa shape index (κ1) is 18.3. The van der Waals surface area contributed by atoms with Crippen LogP contribution in [0.15, 0.2) is 0 Å². The van der Waals surface area contributed by atoms with E-state index in [2.05, 4.69) is 62.3 Å². The zero-order valence-electron chi connectivity index (χ0n) is 12.5. The Bertz CT molecular complexity index is 194. The molecule has 3 unspecified atom stereocenters. The van der Waals surface area contributed by atoms with Crippen LogP contribution in [-0.2, 0) is 0 Å². The van der Waals surface area contributed by atoms with Gasteiger partial charge in [0.1, 0.15) is 0 Å². The molecule has 17 heavy (non-hydrogen) atoms. The summed E-state index contributed by atoms with van der Waals surface area (Å²) in [6.45, 7) is 11.7. The van der Waals surface area contributed by atoms with Crippen molar-refractivity contribution in [2.24, 2.45) is 0 Å². The smallest absolute Gasteiger partial charge is 0.0147 e. The first-order chi connectivity index (χ1) is 7.66. The van der Waals surface area contributed by atoms with Crippen LogP contribution >= 0.6 is 27.7 Å². The van der Waals surface area contributed by atoms with Gasteiger partial charge in [0, 0.05) is 0 Å². The van der Waals surface area contributed by atoms with Gasteiger partial charge >= 0.3 is 0 Å². The molecule has 3 heteroatoms. The van der Waals surface area contributed by atoms with Crippen molar-refractivity contribution in [1.29, 1.82) is 0 Å². The fraction of sp³-hybridized carbons (Fsp3) is 1.00. The maximum absolute atomic E-state index is 3.13. The second kappa shape index (κ2) is 7.17. The maximum atomic E-state index is 3.13. The average Bonchev–Trinajstić information content (AvgIpc) is 2.27. The van der Waals surface area contributed by atoms with Crippen LogP contribution in [0.25, 0.3) is 0 Å². The zero-order valence-corrected chi connectivity index (χ0v) is 15.9. The Hall–Kier alpha value is 1.29. The molecule has 3 atom stereocenters. The predicted octanol–water partition coefficient (Wildman–Crippen LogP) is 5.27. The number of hydrogen-bond acceptors (Lipinski definition) is 0. The molecule has 0 radical (unpaired) electrons. The first-order valence-electron chi connectivity index (χ1n) is 7.02. The van der Waals surface area contributed by atoms with Crippen LogP contribution in [0, 0.1) is 0 Å². The second-order valence-corrected chi connectivity index (χ2v) is 9.99. The highest BCUT2D eigenvalue weighted by Gasteiger charge is 2.35. The van der Waals surface area contributed by atoms with Gasteiger partial charge in [0.2, 0.25) is 0 Å². The maximum Gasteiger partial charge on any atom is -0.0147 e. The molecule has 0 aliphatic carbocycles. The van der Waals surface area contributed by atoms with Crippen molar-refractivity contribution in [3.05, 3.63) is 0 Å². The summed E-state index contributed by atoms with van der Waals surface area (Å²) in [4.78, 5) is 0. The van der Waals surface area contributed by atoms with Gasteiger partial charge < -0.3 is 0 Å². The third-order valence-corrected chi connectivity index (χ3v) is 6.78. The van der Waals surface area contributed by atoms with Crippen molar-refractivity contribution >= 4 is 27.7 Å². The topological polar surface area (TPSA) is 0 Å². The lowest BCUT2D eigenvalue weighted by atomic mass is 9.82. The third kappa shape index (κ3) is 6.32. The van der Waals surface area contributed by atoms with E-state index >= 15 is 0 Å². The Kier molecular flexibility index (Phi) is 7.72. The van der Waals surface area contributed by atoms with Gasteiger partial charge in [-0.25, -0.2) is 0 Å². The third-order valence-electron chi connectivity index (χ3n) is 4.33. The number of hydrogen-bond donors (Lipinski definition) is 0. The van der Waals surface area contributed by atoms with Gasteiger partial charge in [-0.15, -0.1) is 27.7 Å². The molecule has 0 aromatic carbocycles. The summed E-state index contributed by atoms with van der Waals surface area (Å²) >= 11 is 0. The molecular formula is C14H33P3. The monoisotopic (exact) mass is 294 g/mol. The number of rotatable bonds is 8. The minimum Gasteiger partial charge on any atom is -0.131 e. The Morgan fingerprint density at radius 1 is 0.647 bits per heavy atom. The normalized spacial score (nSPS) is 14.1. The highest BCUT2D eigenvalue weighted by Crippen LogP contribution is 2.46. The van der Waals surface area contributed by atoms with E-state index in [-0.39, 0.29) is 0 Å². The van der Waals surface area contributed by atoms with E-state index in [4.69, 9.17) is 0 Å². The summed E-state index contributed by atoms with van der Waals surface area (Å²) in [6.07, 6.45) is 7.55. The molecule has 0 aliphatic heterocycles. The van der Waals surface area contributed by atoms with Crippen molar-refractivity contribution in [3.63, 3.8) is 0 Å². The van der Waals surface area contributed by atoms with Crippen molar-refractivity contribution in [2.75, 3.05) is 0 Å². The molecule has 0 fully saturated rings. The summed E-state index contributed by atoms with van der Waals surface area (Å²) < 4.78 is 0. The van der Waals surface area contributed by atoms with Gasteiger partial charge in [-0.2, -0.15) is 0 Å². The lowest BCUT2D eigenvalue weighted by Crippen LogP contribution is -2.36. The summed E-state index contributed by atoms with van der Waals surface area (Å²) in [7, 11) is 9.36. The quantitative estimate of drug-likeness (QED) is 0.535.